The molecule has 0 bridgehead atoms. The lowest BCUT2D eigenvalue weighted by Crippen LogP contribution is -2.41. The van der Waals surface area contributed by atoms with Crippen LogP contribution < -0.4 is 10.6 Å². The van der Waals surface area contributed by atoms with Crippen LogP contribution in [-0.4, -0.2) is 22.1 Å². The topological polar surface area (TPSA) is 49.8 Å². The highest BCUT2D eigenvalue weighted by Gasteiger charge is 2.31. The molecule has 1 aromatic heterocycles. The molecule has 1 aliphatic carbocycles. The van der Waals surface area contributed by atoms with Crippen molar-refractivity contribution < 1.29 is 0 Å². The lowest BCUT2D eigenvalue weighted by molar-refractivity contribution is 0.306. The fourth-order valence-corrected chi connectivity index (χ4v) is 1.92. The third-order valence-corrected chi connectivity index (χ3v) is 3.11. The summed E-state index contributed by atoms with van der Waals surface area (Å²) in [6, 6.07) is 1.99. The van der Waals surface area contributed by atoms with Crippen LogP contribution in [0.2, 0.25) is 0 Å². The quantitative estimate of drug-likeness (QED) is 0.801. The Labute approximate surface area is 96.9 Å². The van der Waals surface area contributed by atoms with E-state index in [1.165, 1.54) is 19.3 Å². The molecule has 16 heavy (non-hydrogen) atoms. The van der Waals surface area contributed by atoms with Gasteiger partial charge in [0.15, 0.2) is 0 Å². The van der Waals surface area contributed by atoms with Gasteiger partial charge in [0.2, 0.25) is 0 Å². The van der Waals surface area contributed by atoms with Gasteiger partial charge in [0.1, 0.15) is 18.0 Å². The zero-order valence-corrected chi connectivity index (χ0v) is 10.1. The van der Waals surface area contributed by atoms with E-state index >= 15 is 0 Å². The second-order valence-electron chi connectivity index (χ2n) is 4.75. The fourth-order valence-electron chi connectivity index (χ4n) is 1.92. The summed E-state index contributed by atoms with van der Waals surface area (Å²) >= 11 is 0. The Morgan fingerprint density at radius 1 is 1.31 bits per heavy atom. The van der Waals surface area contributed by atoms with Crippen molar-refractivity contribution in [1.82, 2.24) is 9.97 Å². The zero-order valence-electron chi connectivity index (χ0n) is 10.1. The van der Waals surface area contributed by atoms with Crippen LogP contribution in [0.25, 0.3) is 0 Å². The van der Waals surface area contributed by atoms with Gasteiger partial charge in [-0.15, -0.1) is 0 Å². The molecule has 1 fully saturated rings. The highest BCUT2D eigenvalue weighted by molar-refractivity contribution is 5.48. The first kappa shape index (κ1) is 11.2. The molecule has 0 aliphatic heterocycles. The fraction of sp³-hybridized carbons (Fsp3) is 0.667. The van der Waals surface area contributed by atoms with Gasteiger partial charge < -0.3 is 10.6 Å². The van der Waals surface area contributed by atoms with Crippen LogP contribution in [0.3, 0.4) is 0 Å². The molecule has 0 unspecified atom stereocenters. The SMILES string of the molecule is CCCNc1cc(NC2(C)CCC2)ncn1. The lowest BCUT2D eigenvalue weighted by atomic mass is 9.78. The number of hydrogen-bond donors (Lipinski definition) is 2. The maximum atomic E-state index is 4.25. The van der Waals surface area contributed by atoms with E-state index in [1.807, 2.05) is 6.07 Å². The van der Waals surface area contributed by atoms with E-state index in [1.54, 1.807) is 6.33 Å². The average Bonchev–Trinajstić information content (AvgIpc) is 2.25. The van der Waals surface area contributed by atoms with Crippen LogP contribution in [0.5, 0.6) is 0 Å². The van der Waals surface area contributed by atoms with Crippen LogP contribution in [0, 0.1) is 0 Å². The molecule has 0 saturated heterocycles. The molecule has 0 radical (unpaired) electrons. The molecular formula is C12H20N4. The Kier molecular flexibility index (Phi) is 3.27. The predicted molar refractivity (Wildman–Crippen MR) is 66.7 cm³/mol. The number of nitrogens with zero attached hydrogens (tertiary/aromatic N) is 2. The average molecular weight is 220 g/mol. The molecule has 4 nitrogen and oxygen atoms in total. The Bertz CT molecular complexity index is 347. The molecule has 88 valence electrons. The molecule has 1 aliphatic rings. The van der Waals surface area contributed by atoms with Crippen molar-refractivity contribution in [2.45, 2.75) is 45.1 Å². The van der Waals surface area contributed by atoms with Gasteiger partial charge >= 0.3 is 0 Å². The first-order valence-electron chi connectivity index (χ1n) is 6.06. The molecule has 0 aromatic carbocycles. The lowest BCUT2D eigenvalue weighted by Gasteiger charge is -2.39. The minimum Gasteiger partial charge on any atom is -0.370 e. The van der Waals surface area contributed by atoms with E-state index in [-0.39, 0.29) is 5.54 Å². The van der Waals surface area contributed by atoms with E-state index < -0.39 is 0 Å². The second-order valence-corrected chi connectivity index (χ2v) is 4.75. The summed E-state index contributed by atoms with van der Waals surface area (Å²) in [6.45, 7) is 5.34. The van der Waals surface area contributed by atoms with E-state index in [2.05, 4.69) is 34.4 Å². The standard InChI is InChI=1S/C12H20N4/c1-3-7-13-10-8-11(15-9-14-10)16-12(2)5-4-6-12/h8-9H,3-7H2,1-2H3,(H2,13,14,15,16). The van der Waals surface area contributed by atoms with Gasteiger partial charge in [0, 0.05) is 18.2 Å². The molecule has 0 spiro atoms. The summed E-state index contributed by atoms with van der Waals surface area (Å²) in [6.07, 6.45) is 6.49. The van der Waals surface area contributed by atoms with Crippen LogP contribution in [0.1, 0.15) is 39.5 Å². The number of hydrogen-bond acceptors (Lipinski definition) is 4. The molecule has 1 heterocycles. The van der Waals surface area contributed by atoms with Crippen LogP contribution >= 0.6 is 0 Å². The second kappa shape index (κ2) is 4.68. The van der Waals surface area contributed by atoms with E-state index in [0.717, 1.165) is 24.6 Å². The van der Waals surface area contributed by atoms with E-state index in [0.29, 0.717) is 0 Å². The van der Waals surface area contributed by atoms with Crippen molar-refractivity contribution >= 4 is 11.6 Å². The molecule has 2 rings (SSSR count). The molecule has 4 heteroatoms. The van der Waals surface area contributed by atoms with Gasteiger partial charge in [-0.3, -0.25) is 0 Å². The molecule has 0 atom stereocenters. The van der Waals surface area contributed by atoms with Crippen LogP contribution in [0.4, 0.5) is 11.6 Å². The number of anilines is 2. The summed E-state index contributed by atoms with van der Waals surface area (Å²) in [5, 5.41) is 6.75. The van der Waals surface area contributed by atoms with Gasteiger partial charge in [0.05, 0.1) is 0 Å². The minimum atomic E-state index is 0.246. The predicted octanol–water partition coefficient (Wildman–Crippen LogP) is 2.65. The first-order chi connectivity index (χ1) is 7.72. The summed E-state index contributed by atoms with van der Waals surface area (Å²) in [5.74, 6) is 1.83. The Hall–Kier alpha value is -1.32. The Morgan fingerprint density at radius 2 is 2.06 bits per heavy atom. The van der Waals surface area contributed by atoms with E-state index in [4.69, 9.17) is 0 Å². The van der Waals surface area contributed by atoms with E-state index in [9.17, 15) is 0 Å². The Morgan fingerprint density at radius 3 is 2.69 bits per heavy atom. The van der Waals surface area contributed by atoms with Gasteiger partial charge in [0.25, 0.3) is 0 Å². The highest BCUT2D eigenvalue weighted by Crippen LogP contribution is 2.34. The van der Waals surface area contributed by atoms with Crippen molar-refractivity contribution in [3.05, 3.63) is 12.4 Å². The largest absolute Gasteiger partial charge is 0.370 e. The zero-order chi connectivity index (χ0) is 11.4. The molecule has 2 N–H and O–H groups in total. The third kappa shape index (κ3) is 2.62. The molecule has 1 saturated carbocycles. The monoisotopic (exact) mass is 220 g/mol. The summed E-state index contributed by atoms with van der Waals surface area (Å²) in [7, 11) is 0. The maximum absolute atomic E-state index is 4.25. The van der Waals surface area contributed by atoms with Gasteiger partial charge in [-0.2, -0.15) is 0 Å². The van der Waals surface area contributed by atoms with Gasteiger partial charge in [-0.05, 0) is 32.6 Å². The smallest absolute Gasteiger partial charge is 0.131 e. The highest BCUT2D eigenvalue weighted by atomic mass is 15.1. The Balaban J connectivity index is 1.98. The number of nitrogens with one attached hydrogen (secondary N) is 2. The van der Waals surface area contributed by atoms with Crippen molar-refractivity contribution in [3.8, 4) is 0 Å². The van der Waals surface area contributed by atoms with Crippen molar-refractivity contribution in [1.29, 1.82) is 0 Å². The van der Waals surface area contributed by atoms with Gasteiger partial charge in [-0.1, -0.05) is 6.92 Å². The van der Waals surface area contributed by atoms with Crippen LogP contribution in [0.15, 0.2) is 12.4 Å². The molecular weight excluding hydrogens is 200 g/mol. The van der Waals surface area contributed by atoms with Crippen molar-refractivity contribution in [2.75, 3.05) is 17.2 Å². The summed E-state index contributed by atoms with van der Waals surface area (Å²) in [4.78, 5) is 8.44. The number of aromatic nitrogens is 2. The minimum absolute atomic E-state index is 0.246. The summed E-state index contributed by atoms with van der Waals surface area (Å²) in [5.41, 5.74) is 0.246. The van der Waals surface area contributed by atoms with Gasteiger partial charge in [-0.25, -0.2) is 9.97 Å². The first-order valence-corrected chi connectivity index (χ1v) is 6.06. The van der Waals surface area contributed by atoms with Crippen LogP contribution in [-0.2, 0) is 0 Å². The molecule has 0 amide bonds. The van der Waals surface area contributed by atoms with Crippen molar-refractivity contribution in [3.63, 3.8) is 0 Å². The third-order valence-electron chi connectivity index (χ3n) is 3.11. The maximum Gasteiger partial charge on any atom is 0.131 e. The summed E-state index contributed by atoms with van der Waals surface area (Å²) < 4.78 is 0. The normalized spacial score (nSPS) is 17.6. The van der Waals surface area contributed by atoms with Crippen molar-refractivity contribution in [2.24, 2.45) is 0 Å². The molecule has 1 aromatic rings. The number of rotatable bonds is 5.